The number of carboxylic acids is 2. The summed E-state index contributed by atoms with van der Waals surface area (Å²) in [6.45, 7) is 0. The first-order chi connectivity index (χ1) is 10.1. The first kappa shape index (κ1) is 22.1. The Morgan fingerprint density at radius 2 is 0.818 bits per heavy atom. The van der Waals surface area contributed by atoms with Crippen LogP contribution in [0.4, 0.5) is 0 Å². The van der Waals surface area contributed by atoms with Crippen molar-refractivity contribution in [2.45, 2.75) is 72.9 Å². The second kappa shape index (κ2) is 10.8. The fraction of sp³-hybridized carbons (Fsp3) is 0.857. The summed E-state index contributed by atoms with van der Waals surface area (Å²) in [6, 6.07) is 0. The highest BCUT2D eigenvalue weighted by atomic mass is 35.5. The molecule has 22 heavy (non-hydrogen) atoms. The monoisotopic (exact) mass is 394 g/mol. The predicted molar refractivity (Wildman–Crippen MR) is 90.3 cm³/mol. The topological polar surface area (TPSA) is 74.6 Å². The molecule has 0 aromatic heterocycles. The number of hydrogen-bond donors (Lipinski definition) is 2. The number of hydrogen-bond acceptors (Lipinski definition) is 2. The van der Waals surface area contributed by atoms with Gasteiger partial charge in [-0.2, -0.15) is 0 Å². The molecule has 0 bridgehead atoms. The van der Waals surface area contributed by atoms with E-state index < -0.39 is 20.6 Å². The average Bonchev–Trinajstić information content (AvgIpc) is 2.40. The number of alkyl halides is 4. The molecule has 8 heteroatoms. The van der Waals surface area contributed by atoms with Gasteiger partial charge in [-0.25, -0.2) is 9.59 Å². The second-order valence-electron chi connectivity index (χ2n) is 5.35. The minimum absolute atomic E-state index is 0.244. The number of carboxylic acid groups (broad SMARTS) is 2. The Labute approximate surface area is 151 Å². The summed E-state index contributed by atoms with van der Waals surface area (Å²) >= 11 is 22.5. The van der Waals surface area contributed by atoms with Gasteiger partial charge in [-0.05, 0) is 25.7 Å². The van der Waals surface area contributed by atoms with Gasteiger partial charge >= 0.3 is 11.9 Å². The standard InChI is InChI=1S/C14H22Cl4O4/c15-13(16,11(19)20)9-7-5-3-1-2-4-6-8-10-14(17,18)12(21)22/h1-10H2,(H,19,20)(H,21,22). The zero-order valence-corrected chi connectivity index (χ0v) is 15.3. The summed E-state index contributed by atoms with van der Waals surface area (Å²) in [4.78, 5) is 21.4. The van der Waals surface area contributed by atoms with Crippen molar-refractivity contribution in [1.82, 2.24) is 0 Å². The number of rotatable bonds is 13. The maximum Gasteiger partial charge on any atom is 0.340 e. The van der Waals surface area contributed by atoms with Crippen molar-refractivity contribution >= 4 is 58.3 Å². The molecule has 0 saturated heterocycles. The smallest absolute Gasteiger partial charge is 0.340 e. The van der Waals surface area contributed by atoms with Crippen LogP contribution < -0.4 is 0 Å². The van der Waals surface area contributed by atoms with Gasteiger partial charge in [-0.15, -0.1) is 0 Å². The third-order valence-corrected chi connectivity index (χ3v) is 4.76. The van der Waals surface area contributed by atoms with Crippen molar-refractivity contribution in [3.05, 3.63) is 0 Å². The summed E-state index contributed by atoms with van der Waals surface area (Å²) in [5.41, 5.74) is 0. The van der Waals surface area contributed by atoms with Gasteiger partial charge in [0.05, 0.1) is 0 Å². The quantitative estimate of drug-likeness (QED) is 0.323. The van der Waals surface area contributed by atoms with Gasteiger partial charge < -0.3 is 10.2 Å². The summed E-state index contributed by atoms with van der Waals surface area (Å²) in [5, 5.41) is 17.5. The van der Waals surface area contributed by atoms with Crippen LogP contribution in [0.3, 0.4) is 0 Å². The van der Waals surface area contributed by atoms with Crippen LogP contribution >= 0.6 is 46.4 Å². The van der Waals surface area contributed by atoms with Gasteiger partial charge in [0.2, 0.25) is 8.67 Å². The molecule has 0 heterocycles. The largest absolute Gasteiger partial charge is 0.479 e. The first-order valence-corrected chi connectivity index (χ1v) is 8.83. The number of unbranched alkanes of at least 4 members (excludes halogenated alkanes) is 7. The summed E-state index contributed by atoms with van der Waals surface area (Å²) in [5.74, 6) is -2.40. The van der Waals surface area contributed by atoms with Gasteiger partial charge in [0.15, 0.2) is 0 Å². The average molecular weight is 396 g/mol. The van der Waals surface area contributed by atoms with Crippen molar-refractivity contribution < 1.29 is 19.8 Å². The molecule has 0 aromatic carbocycles. The predicted octanol–water partition coefficient (Wildman–Crippen LogP) is 5.40. The Morgan fingerprint density at radius 1 is 0.591 bits per heavy atom. The SMILES string of the molecule is O=C(O)C(Cl)(Cl)CCCCCCCCCCC(Cl)(Cl)C(=O)O. The van der Waals surface area contributed by atoms with Crippen LogP contribution in [0.15, 0.2) is 0 Å². The highest BCUT2D eigenvalue weighted by Gasteiger charge is 2.33. The van der Waals surface area contributed by atoms with E-state index in [1.54, 1.807) is 0 Å². The second-order valence-corrected chi connectivity index (χ2v) is 8.32. The fourth-order valence-electron chi connectivity index (χ4n) is 1.97. The van der Waals surface area contributed by atoms with Gasteiger partial charge in [0.25, 0.3) is 0 Å². The molecule has 4 nitrogen and oxygen atoms in total. The molecule has 0 atom stereocenters. The van der Waals surface area contributed by atoms with E-state index in [9.17, 15) is 9.59 Å². The lowest BCUT2D eigenvalue weighted by atomic mass is 10.0. The van der Waals surface area contributed by atoms with E-state index in [1.807, 2.05) is 0 Å². The van der Waals surface area contributed by atoms with Gasteiger partial charge in [0.1, 0.15) is 0 Å². The van der Waals surface area contributed by atoms with E-state index in [-0.39, 0.29) is 12.8 Å². The zero-order chi connectivity index (χ0) is 17.2. The molecule has 0 rings (SSSR count). The molecular weight excluding hydrogens is 374 g/mol. The number of halogens is 4. The van der Waals surface area contributed by atoms with Crippen LogP contribution in [0, 0.1) is 0 Å². The van der Waals surface area contributed by atoms with Crippen LogP contribution in [0.1, 0.15) is 64.2 Å². The molecule has 0 aromatic rings. The zero-order valence-electron chi connectivity index (χ0n) is 12.3. The van der Waals surface area contributed by atoms with Crippen LogP contribution in [-0.2, 0) is 9.59 Å². The molecule has 0 saturated carbocycles. The minimum atomic E-state index is -1.68. The number of carbonyl (C=O) groups is 2. The Hall–Kier alpha value is 0.1000. The lowest BCUT2D eigenvalue weighted by Crippen LogP contribution is -2.25. The van der Waals surface area contributed by atoms with Gasteiger partial charge in [-0.3, -0.25) is 0 Å². The summed E-state index contributed by atoms with van der Waals surface area (Å²) in [7, 11) is 0. The molecule has 130 valence electrons. The Kier molecular flexibility index (Phi) is 10.8. The van der Waals surface area contributed by atoms with E-state index in [2.05, 4.69) is 0 Å². The first-order valence-electron chi connectivity index (χ1n) is 7.32. The molecular formula is C14H22Cl4O4. The fourth-order valence-corrected chi connectivity index (χ4v) is 2.50. The van der Waals surface area contributed by atoms with Gasteiger partial charge in [-0.1, -0.05) is 84.9 Å². The van der Waals surface area contributed by atoms with Crippen molar-refractivity contribution in [2.24, 2.45) is 0 Å². The third kappa shape index (κ3) is 9.98. The van der Waals surface area contributed by atoms with Gasteiger partial charge in [0, 0.05) is 0 Å². The van der Waals surface area contributed by atoms with Crippen LogP contribution in [-0.4, -0.2) is 30.8 Å². The normalized spacial score (nSPS) is 12.4. The molecule has 0 aliphatic carbocycles. The van der Waals surface area contributed by atoms with Crippen LogP contribution in [0.25, 0.3) is 0 Å². The van der Waals surface area contributed by atoms with Crippen molar-refractivity contribution in [1.29, 1.82) is 0 Å². The molecule has 0 aliphatic rings. The van der Waals surface area contributed by atoms with E-state index in [1.165, 1.54) is 0 Å². The molecule has 2 N–H and O–H groups in total. The molecule has 0 spiro atoms. The maximum absolute atomic E-state index is 10.7. The van der Waals surface area contributed by atoms with Crippen molar-refractivity contribution in [2.75, 3.05) is 0 Å². The molecule has 0 fully saturated rings. The Morgan fingerprint density at radius 3 is 1.05 bits per heavy atom. The third-order valence-electron chi connectivity index (χ3n) is 3.36. The van der Waals surface area contributed by atoms with Crippen molar-refractivity contribution in [3.8, 4) is 0 Å². The van der Waals surface area contributed by atoms with Crippen LogP contribution in [0.5, 0.6) is 0 Å². The highest BCUT2D eigenvalue weighted by Crippen LogP contribution is 2.29. The van der Waals surface area contributed by atoms with E-state index in [0.717, 1.165) is 38.5 Å². The van der Waals surface area contributed by atoms with Crippen LogP contribution in [0.2, 0.25) is 0 Å². The van der Waals surface area contributed by atoms with E-state index in [4.69, 9.17) is 56.6 Å². The van der Waals surface area contributed by atoms with Crippen molar-refractivity contribution in [3.63, 3.8) is 0 Å². The van der Waals surface area contributed by atoms with E-state index >= 15 is 0 Å². The molecule has 0 unspecified atom stereocenters. The molecule has 0 aliphatic heterocycles. The Bertz CT molecular complexity index is 325. The lowest BCUT2D eigenvalue weighted by molar-refractivity contribution is -0.139. The maximum atomic E-state index is 10.7. The minimum Gasteiger partial charge on any atom is -0.479 e. The molecule has 0 radical (unpaired) electrons. The lowest BCUT2D eigenvalue weighted by Gasteiger charge is -2.13. The number of aliphatic carboxylic acids is 2. The summed E-state index contributed by atoms with van der Waals surface area (Å²) in [6.07, 6.45) is 7.69. The Balaban J connectivity index is 3.45. The highest BCUT2D eigenvalue weighted by molar-refractivity contribution is 6.57. The summed E-state index contributed by atoms with van der Waals surface area (Å²) < 4.78 is -3.36. The van der Waals surface area contributed by atoms with E-state index in [0.29, 0.717) is 12.8 Å². The molecule has 0 amide bonds.